The van der Waals surface area contributed by atoms with Gasteiger partial charge in [-0.3, -0.25) is 9.59 Å². The average molecular weight is 319 g/mol. The standard InChI is InChI=1S/C16H30O2S2/c1-8-9-14(19-15(4,5)10-12(2)17)20-16(6,7)11-13(3)18/h14H,8-11H2,1-7H3. The minimum absolute atomic E-state index is 0.0367. The third kappa shape index (κ3) is 9.87. The normalized spacial score (nSPS) is 12.8. The van der Waals surface area contributed by atoms with E-state index < -0.39 is 0 Å². The summed E-state index contributed by atoms with van der Waals surface area (Å²) >= 11 is 3.77. The molecule has 0 atom stereocenters. The monoisotopic (exact) mass is 318 g/mol. The van der Waals surface area contributed by atoms with Crippen molar-refractivity contribution in [3.63, 3.8) is 0 Å². The Balaban J connectivity index is 4.71. The van der Waals surface area contributed by atoms with E-state index in [1.165, 1.54) is 0 Å². The van der Waals surface area contributed by atoms with Crippen LogP contribution in [0.2, 0.25) is 0 Å². The molecule has 0 N–H and O–H groups in total. The third-order valence-corrected chi connectivity index (χ3v) is 5.91. The molecule has 0 aliphatic rings. The molecule has 0 rings (SSSR count). The summed E-state index contributed by atoms with van der Waals surface area (Å²) in [5, 5.41) is 0. The van der Waals surface area contributed by atoms with E-state index in [1.54, 1.807) is 13.8 Å². The zero-order valence-electron chi connectivity index (χ0n) is 14.0. The maximum atomic E-state index is 11.4. The molecule has 0 aromatic rings. The predicted octanol–water partition coefficient (Wildman–Crippen LogP) is 5.09. The molecule has 0 bridgehead atoms. The fraction of sp³-hybridized carbons (Fsp3) is 0.875. The van der Waals surface area contributed by atoms with Crippen molar-refractivity contribution in [2.45, 2.75) is 88.2 Å². The van der Waals surface area contributed by atoms with E-state index in [-0.39, 0.29) is 21.1 Å². The van der Waals surface area contributed by atoms with Crippen LogP contribution in [0, 0.1) is 0 Å². The SMILES string of the molecule is CCCC(SC(C)(C)CC(C)=O)SC(C)(C)CC(C)=O. The molecule has 0 aliphatic heterocycles. The van der Waals surface area contributed by atoms with E-state index in [4.69, 9.17) is 0 Å². The lowest BCUT2D eigenvalue weighted by Crippen LogP contribution is -2.26. The largest absolute Gasteiger partial charge is 0.300 e. The van der Waals surface area contributed by atoms with Crippen LogP contribution in [0.1, 0.15) is 74.1 Å². The van der Waals surface area contributed by atoms with Crippen LogP contribution in [0.15, 0.2) is 0 Å². The highest BCUT2D eigenvalue weighted by atomic mass is 32.2. The Morgan fingerprint density at radius 1 is 0.900 bits per heavy atom. The molecule has 4 heteroatoms. The summed E-state index contributed by atoms with van der Waals surface area (Å²) in [6.45, 7) is 14.1. The second-order valence-electron chi connectivity index (χ2n) is 6.73. The van der Waals surface area contributed by atoms with Crippen molar-refractivity contribution in [2.24, 2.45) is 0 Å². The van der Waals surface area contributed by atoms with Gasteiger partial charge in [0.1, 0.15) is 11.6 Å². The van der Waals surface area contributed by atoms with Crippen LogP contribution in [-0.2, 0) is 9.59 Å². The first-order chi connectivity index (χ1) is 8.97. The van der Waals surface area contributed by atoms with Crippen LogP contribution >= 0.6 is 23.5 Å². The molecule has 0 fully saturated rings. The molecule has 0 unspecified atom stereocenters. The van der Waals surface area contributed by atoms with Crippen molar-refractivity contribution in [1.82, 2.24) is 0 Å². The lowest BCUT2D eigenvalue weighted by molar-refractivity contribution is -0.118. The number of hydrogen-bond donors (Lipinski definition) is 0. The summed E-state index contributed by atoms with van der Waals surface area (Å²) in [5.41, 5.74) is 0. The molecule has 118 valence electrons. The van der Waals surface area contributed by atoms with Gasteiger partial charge in [-0.15, -0.1) is 23.5 Å². The first kappa shape index (κ1) is 20.0. The van der Waals surface area contributed by atoms with Crippen molar-refractivity contribution in [3.8, 4) is 0 Å². The second-order valence-corrected chi connectivity index (χ2v) is 10.8. The van der Waals surface area contributed by atoms with E-state index in [2.05, 4.69) is 34.6 Å². The number of ketones is 2. The van der Waals surface area contributed by atoms with Gasteiger partial charge in [0.05, 0.1) is 4.58 Å². The molecule has 0 aromatic heterocycles. The van der Waals surface area contributed by atoms with Crippen LogP contribution in [0.5, 0.6) is 0 Å². The van der Waals surface area contributed by atoms with Crippen molar-refractivity contribution in [1.29, 1.82) is 0 Å². The molecular formula is C16H30O2S2. The summed E-state index contributed by atoms with van der Waals surface area (Å²) in [4.78, 5) is 22.7. The van der Waals surface area contributed by atoms with Gasteiger partial charge in [0.25, 0.3) is 0 Å². The van der Waals surface area contributed by atoms with Gasteiger partial charge >= 0.3 is 0 Å². The number of carbonyl (C=O) groups is 2. The fourth-order valence-electron chi connectivity index (χ4n) is 2.37. The lowest BCUT2D eigenvalue weighted by Gasteiger charge is -2.33. The Labute approximate surface area is 133 Å². The summed E-state index contributed by atoms with van der Waals surface area (Å²) in [5.74, 6) is 0.483. The maximum Gasteiger partial charge on any atom is 0.131 e. The van der Waals surface area contributed by atoms with Crippen molar-refractivity contribution in [2.75, 3.05) is 0 Å². The minimum Gasteiger partial charge on any atom is -0.300 e. The summed E-state index contributed by atoms with van der Waals surface area (Å²) in [6, 6.07) is 0. The van der Waals surface area contributed by atoms with Gasteiger partial charge in [-0.2, -0.15) is 0 Å². The second kappa shape index (κ2) is 8.47. The smallest absolute Gasteiger partial charge is 0.131 e. The van der Waals surface area contributed by atoms with E-state index >= 15 is 0 Å². The Hall–Kier alpha value is 0.0400. The molecule has 20 heavy (non-hydrogen) atoms. The number of carbonyl (C=O) groups excluding carboxylic acids is 2. The molecule has 0 aliphatic carbocycles. The summed E-state index contributed by atoms with van der Waals surface area (Å²) in [6.07, 6.45) is 3.44. The first-order valence-electron chi connectivity index (χ1n) is 7.32. The highest BCUT2D eigenvalue weighted by Gasteiger charge is 2.30. The van der Waals surface area contributed by atoms with Crippen LogP contribution < -0.4 is 0 Å². The maximum absolute atomic E-state index is 11.4. The molecule has 0 spiro atoms. The first-order valence-corrected chi connectivity index (χ1v) is 9.08. The third-order valence-electron chi connectivity index (χ3n) is 2.77. The molecular weight excluding hydrogens is 288 g/mol. The molecule has 0 saturated carbocycles. The molecule has 0 saturated heterocycles. The van der Waals surface area contributed by atoms with E-state index in [0.717, 1.165) is 12.8 Å². The fourth-order valence-corrected chi connectivity index (χ4v) is 6.83. The van der Waals surface area contributed by atoms with Gasteiger partial charge in [-0.25, -0.2) is 0 Å². The van der Waals surface area contributed by atoms with Gasteiger partial charge in [0, 0.05) is 22.3 Å². The van der Waals surface area contributed by atoms with E-state index in [9.17, 15) is 9.59 Å². The number of thioether (sulfide) groups is 2. The zero-order valence-corrected chi connectivity index (χ0v) is 15.7. The summed E-state index contributed by atoms with van der Waals surface area (Å²) in [7, 11) is 0. The number of rotatable bonds is 10. The topological polar surface area (TPSA) is 34.1 Å². The predicted molar refractivity (Wildman–Crippen MR) is 92.6 cm³/mol. The molecule has 0 aromatic carbocycles. The quantitative estimate of drug-likeness (QED) is 0.525. The summed E-state index contributed by atoms with van der Waals surface area (Å²) < 4.78 is 0.361. The highest BCUT2D eigenvalue weighted by Crippen LogP contribution is 2.45. The minimum atomic E-state index is -0.0367. The van der Waals surface area contributed by atoms with Crippen LogP contribution in [-0.4, -0.2) is 25.6 Å². The Morgan fingerprint density at radius 3 is 1.50 bits per heavy atom. The van der Waals surface area contributed by atoms with Crippen molar-refractivity contribution >= 4 is 35.1 Å². The Morgan fingerprint density at radius 2 is 1.25 bits per heavy atom. The lowest BCUT2D eigenvalue weighted by atomic mass is 10.1. The van der Waals surface area contributed by atoms with Crippen LogP contribution in [0.3, 0.4) is 0 Å². The average Bonchev–Trinajstić information content (AvgIpc) is 2.10. The van der Waals surface area contributed by atoms with Gasteiger partial charge in [0.15, 0.2) is 0 Å². The number of hydrogen-bond acceptors (Lipinski definition) is 4. The number of Topliss-reactive ketones (excluding diaryl/α,β-unsaturated/α-hetero) is 2. The molecule has 0 radical (unpaired) electrons. The van der Waals surface area contributed by atoms with Gasteiger partial charge in [-0.1, -0.05) is 41.0 Å². The molecule has 0 amide bonds. The molecule has 0 heterocycles. The van der Waals surface area contributed by atoms with Gasteiger partial charge in [-0.05, 0) is 20.3 Å². The van der Waals surface area contributed by atoms with Crippen LogP contribution in [0.4, 0.5) is 0 Å². The van der Waals surface area contributed by atoms with E-state index in [0.29, 0.717) is 17.4 Å². The van der Waals surface area contributed by atoms with Gasteiger partial charge in [0.2, 0.25) is 0 Å². The Bertz CT molecular complexity index is 305. The Kier molecular flexibility index (Phi) is 8.49. The van der Waals surface area contributed by atoms with Crippen molar-refractivity contribution in [3.05, 3.63) is 0 Å². The van der Waals surface area contributed by atoms with Gasteiger partial charge < -0.3 is 0 Å². The van der Waals surface area contributed by atoms with E-state index in [1.807, 2.05) is 23.5 Å². The zero-order chi connectivity index (χ0) is 16.0. The van der Waals surface area contributed by atoms with Crippen LogP contribution in [0.25, 0.3) is 0 Å². The van der Waals surface area contributed by atoms with Crippen molar-refractivity contribution < 1.29 is 9.59 Å². The highest BCUT2D eigenvalue weighted by molar-refractivity contribution is 8.18. The molecule has 2 nitrogen and oxygen atoms in total.